The van der Waals surface area contributed by atoms with Gasteiger partial charge in [-0.25, -0.2) is 4.99 Å². The number of guanidine groups is 1. The fraction of sp³-hybridized carbons (Fsp3) is 0.619. The Morgan fingerprint density at radius 2 is 1.94 bits per heavy atom. The van der Waals surface area contributed by atoms with Gasteiger partial charge in [-0.05, 0) is 30.4 Å². The zero-order valence-corrected chi connectivity index (χ0v) is 22.3. The Morgan fingerprint density at radius 1 is 1.26 bits per heavy atom. The summed E-state index contributed by atoms with van der Waals surface area (Å²) in [7, 11) is 6.82. The minimum Gasteiger partial charge on any atom is -0.497 e. The van der Waals surface area contributed by atoms with Crippen molar-refractivity contribution in [1.82, 2.24) is 20.4 Å². The average Bonchev–Trinajstić information content (AvgIpc) is 3.17. The molecule has 0 radical (unpaired) electrons. The number of hydrogen-bond acceptors (Lipinski definition) is 6. The fourth-order valence-corrected chi connectivity index (χ4v) is 3.52. The Bertz CT molecular complexity index is 698. The van der Waals surface area contributed by atoms with E-state index in [-0.39, 0.29) is 42.5 Å². The van der Waals surface area contributed by atoms with Gasteiger partial charge in [0.25, 0.3) is 0 Å². The number of carbonyl (C=O) groups excluding carboxylic acids is 1. The molecule has 1 unspecified atom stereocenters. The molecular formula is C21H36IN5O3S. The topological polar surface area (TPSA) is 78.4 Å². The van der Waals surface area contributed by atoms with Crippen molar-refractivity contribution >= 4 is 47.6 Å². The number of carbonyl (C=O) groups is 1. The van der Waals surface area contributed by atoms with Crippen molar-refractivity contribution in [1.29, 1.82) is 0 Å². The van der Waals surface area contributed by atoms with E-state index in [0.717, 1.165) is 55.4 Å². The molecule has 0 saturated carbocycles. The molecule has 176 valence electrons. The van der Waals surface area contributed by atoms with Crippen molar-refractivity contribution in [3.8, 4) is 11.5 Å². The molecule has 0 aromatic heterocycles. The van der Waals surface area contributed by atoms with E-state index in [4.69, 9.17) is 9.47 Å². The fourth-order valence-electron chi connectivity index (χ4n) is 3.22. The van der Waals surface area contributed by atoms with Crippen molar-refractivity contribution in [3.05, 3.63) is 23.8 Å². The number of rotatable bonds is 10. The lowest BCUT2D eigenvalue weighted by molar-refractivity contribution is -0.127. The summed E-state index contributed by atoms with van der Waals surface area (Å²) in [4.78, 5) is 20.3. The van der Waals surface area contributed by atoms with Crippen LogP contribution in [0.25, 0.3) is 0 Å². The van der Waals surface area contributed by atoms with E-state index in [1.165, 1.54) is 0 Å². The molecule has 0 spiro atoms. The first-order valence-corrected chi connectivity index (χ1v) is 11.5. The Balaban J connectivity index is 0.00000480. The number of halogens is 1. The second kappa shape index (κ2) is 14.6. The van der Waals surface area contributed by atoms with Gasteiger partial charge in [0, 0.05) is 58.1 Å². The Morgan fingerprint density at radius 3 is 2.52 bits per heavy atom. The number of methoxy groups -OCH3 is 2. The Labute approximate surface area is 207 Å². The molecule has 1 amide bonds. The zero-order valence-electron chi connectivity index (χ0n) is 19.1. The third kappa shape index (κ3) is 9.73. The Kier molecular flexibility index (Phi) is 13.0. The van der Waals surface area contributed by atoms with E-state index in [1.54, 1.807) is 45.0 Å². The van der Waals surface area contributed by atoms with Crippen molar-refractivity contribution in [3.63, 3.8) is 0 Å². The van der Waals surface area contributed by atoms with E-state index in [0.29, 0.717) is 5.96 Å². The molecule has 1 heterocycles. The molecule has 1 aliphatic heterocycles. The van der Waals surface area contributed by atoms with Crippen molar-refractivity contribution in [2.75, 3.05) is 66.5 Å². The normalized spacial score (nSPS) is 16.4. The summed E-state index contributed by atoms with van der Waals surface area (Å²) in [6.07, 6.45) is 3.09. The van der Waals surface area contributed by atoms with Gasteiger partial charge in [0.15, 0.2) is 5.96 Å². The van der Waals surface area contributed by atoms with Gasteiger partial charge in [-0.2, -0.15) is 11.8 Å². The van der Waals surface area contributed by atoms with Crippen LogP contribution in [0.5, 0.6) is 11.5 Å². The van der Waals surface area contributed by atoms with Crippen molar-refractivity contribution < 1.29 is 14.3 Å². The van der Waals surface area contributed by atoms with Gasteiger partial charge in [-0.3, -0.25) is 9.69 Å². The van der Waals surface area contributed by atoms with E-state index in [2.05, 4.69) is 26.8 Å². The van der Waals surface area contributed by atoms with Crippen LogP contribution < -0.4 is 20.1 Å². The summed E-state index contributed by atoms with van der Waals surface area (Å²) in [6, 6.07) is 6.27. The largest absolute Gasteiger partial charge is 0.497 e. The number of nitrogens with zero attached hydrogens (tertiary/aromatic N) is 3. The predicted octanol–water partition coefficient (Wildman–Crippen LogP) is 1.88. The molecule has 1 saturated heterocycles. The first kappa shape index (κ1) is 27.6. The molecule has 1 fully saturated rings. The molecule has 1 atom stereocenters. The maximum atomic E-state index is 11.9. The first-order chi connectivity index (χ1) is 14.4. The van der Waals surface area contributed by atoms with Crippen molar-refractivity contribution in [2.24, 2.45) is 4.99 Å². The van der Waals surface area contributed by atoms with Crippen LogP contribution in [-0.2, 0) is 11.3 Å². The number of benzene rings is 1. The highest BCUT2D eigenvalue weighted by atomic mass is 127. The van der Waals surface area contributed by atoms with Crippen LogP contribution in [0.3, 0.4) is 0 Å². The summed E-state index contributed by atoms with van der Waals surface area (Å²) in [6.45, 7) is 3.68. The van der Waals surface area contributed by atoms with Gasteiger partial charge in [0.05, 0.1) is 14.2 Å². The average molecular weight is 566 g/mol. The first-order valence-electron chi connectivity index (χ1n) is 10.1. The number of likely N-dealkylation sites (N-methyl/N-ethyl adjacent to an activating group) is 1. The SMILES string of the molecule is COc1cc(CN2CCC(NC(=NCC(=O)N(C)C)NCCSC)C2)cc(OC)c1.I. The molecule has 2 rings (SSSR count). The van der Waals surface area contributed by atoms with Crippen LogP contribution in [0.2, 0.25) is 0 Å². The van der Waals surface area contributed by atoms with Gasteiger partial charge >= 0.3 is 0 Å². The molecule has 0 bridgehead atoms. The zero-order chi connectivity index (χ0) is 21.9. The molecule has 8 nitrogen and oxygen atoms in total. The van der Waals surface area contributed by atoms with Gasteiger partial charge in [-0.1, -0.05) is 0 Å². The van der Waals surface area contributed by atoms with E-state index >= 15 is 0 Å². The summed E-state index contributed by atoms with van der Waals surface area (Å²) in [5.41, 5.74) is 1.16. The van der Waals surface area contributed by atoms with Crippen LogP contribution in [0.1, 0.15) is 12.0 Å². The number of amides is 1. The van der Waals surface area contributed by atoms with Gasteiger partial charge in [0.2, 0.25) is 5.91 Å². The standard InChI is InChI=1S/C21H35N5O3S.HI/c1-25(2)20(27)13-23-21(22-7-9-30-5)24-17-6-8-26(15-17)14-16-10-18(28-3)12-19(11-16)29-4;/h10-12,17H,6-9,13-15H2,1-5H3,(H2,22,23,24);1H. The highest BCUT2D eigenvalue weighted by Gasteiger charge is 2.23. The number of nitrogens with one attached hydrogen (secondary N) is 2. The van der Waals surface area contributed by atoms with Gasteiger partial charge in [0.1, 0.15) is 18.0 Å². The van der Waals surface area contributed by atoms with Gasteiger partial charge in [-0.15, -0.1) is 24.0 Å². The summed E-state index contributed by atoms with van der Waals surface area (Å²) >= 11 is 1.77. The molecule has 0 aliphatic carbocycles. The minimum absolute atomic E-state index is 0. The quantitative estimate of drug-likeness (QED) is 0.194. The van der Waals surface area contributed by atoms with Crippen LogP contribution in [0.15, 0.2) is 23.2 Å². The second-order valence-electron chi connectivity index (χ2n) is 7.46. The van der Waals surface area contributed by atoms with E-state index < -0.39 is 0 Å². The third-order valence-corrected chi connectivity index (χ3v) is 5.51. The lowest BCUT2D eigenvalue weighted by atomic mass is 10.2. The smallest absolute Gasteiger partial charge is 0.243 e. The molecule has 2 N–H and O–H groups in total. The number of hydrogen-bond donors (Lipinski definition) is 2. The molecule has 31 heavy (non-hydrogen) atoms. The third-order valence-electron chi connectivity index (χ3n) is 4.90. The molecule has 1 aliphatic rings. The monoisotopic (exact) mass is 565 g/mol. The maximum absolute atomic E-state index is 11.9. The number of ether oxygens (including phenoxy) is 2. The maximum Gasteiger partial charge on any atom is 0.243 e. The molecule has 1 aromatic carbocycles. The van der Waals surface area contributed by atoms with E-state index in [9.17, 15) is 4.79 Å². The highest BCUT2D eigenvalue weighted by Crippen LogP contribution is 2.24. The van der Waals surface area contributed by atoms with Crippen molar-refractivity contribution in [2.45, 2.75) is 19.0 Å². The summed E-state index contributed by atoms with van der Waals surface area (Å²) in [5, 5.41) is 6.83. The Hall–Kier alpha value is -1.40. The van der Waals surface area contributed by atoms with Crippen LogP contribution in [-0.4, -0.2) is 94.2 Å². The summed E-state index contributed by atoms with van der Waals surface area (Å²) in [5.74, 6) is 3.28. The second-order valence-corrected chi connectivity index (χ2v) is 8.44. The van der Waals surface area contributed by atoms with E-state index in [1.807, 2.05) is 18.2 Å². The number of aliphatic imine (C=N–C) groups is 1. The number of likely N-dealkylation sites (tertiary alicyclic amines) is 1. The van der Waals surface area contributed by atoms with Crippen LogP contribution >= 0.6 is 35.7 Å². The minimum atomic E-state index is -0.0130. The molecule has 10 heteroatoms. The van der Waals surface area contributed by atoms with Gasteiger partial charge < -0.3 is 25.0 Å². The predicted molar refractivity (Wildman–Crippen MR) is 139 cm³/mol. The van der Waals surface area contributed by atoms with Crippen LogP contribution in [0.4, 0.5) is 0 Å². The molecule has 1 aromatic rings. The van der Waals surface area contributed by atoms with Crippen LogP contribution in [0, 0.1) is 0 Å². The summed E-state index contributed by atoms with van der Waals surface area (Å²) < 4.78 is 10.8. The lowest BCUT2D eigenvalue weighted by Gasteiger charge is -2.20. The highest BCUT2D eigenvalue weighted by molar-refractivity contribution is 14.0. The number of thioether (sulfide) groups is 1. The lowest BCUT2D eigenvalue weighted by Crippen LogP contribution is -2.45. The molecular weight excluding hydrogens is 529 g/mol.